The van der Waals surface area contributed by atoms with E-state index in [0.717, 1.165) is 29.2 Å². The Kier molecular flexibility index (Phi) is 3.44. The zero-order valence-corrected chi connectivity index (χ0v) is 9.64. The second-order valence-corrected chi connectivity index (χ2v) is 4.91. The lowest BCUT2D eigenvalue weighted by atomic mass is 10.0. The zero-order valence-electron chi connectivity index (χ0n) is 8.82. The summed E-state index contributed by atoms with van der Waals surface area (Å²) in [6.07, 6.45) is 0. The van der Waals surface area contributed by atoms with Crippen LogP contribution >= 0.6 is 11.8 Å². The Morgan fingerprint density at radius 3 is 2.93 bits per heavy atom. The van der Waals surface area contributed by atoms with Crippen molar-refractivity contribution in [2.75, 3.05) is 18.1 Å². The number of benzene rings is 1. The van der Waals surface area contributed by atoms with E-state index in [9.17, 15) is 4.79 Å². The molecular weight excluding hydrogens is 206 g/mol. The maximum absolute atomic E-state index is 12.1. The van der Waals surface area contributed by atoms with Crippen molar-refractivity contribution < 1.29 is 4.79 Å². The average Bonchev–Trinajstić information content (AvgIpc) is 2.30. The lowest BCUT2D eigenvalue weighted by Gasteiger charge is -2.22. The molecule has 0 amide bonds. The quantitative estimate of drug-likeness (QED) is 0.773. The Hall–Kier alpha value is -0.800. The fourth-order valence-corrected chi connectivity index (χ4v) is 2.70. The smallest absolute Gasteiger partial charge is 0.180 e. The molecule has 0 spiro atoms. The number of hydrogen-bond acceptors (Lipinski definition) is 3. The number of nitrogens with one attached hydrogen (secondary N) is 1. The number of hydrogen-bond donors (Lipinski definition) is 1. The fraction of sp³-hybridized carbons (Fsp3) is 0.417. The summed E-state index contributed by atoms with van der Waals surface area (Å²) in [4.78, 5) is 12.1. The van der Waals surface area contributed by atoms with Crippen LogP contribution in [-0.2, 0) is 0 Å². The number of thioether (sulfide) groups is 1. The lowest BCUT2D eigenvalue weighted by molar-refractivity contribution is 0.0952. The monoisotopic (exact) mass is 221 g/mol. The van der Waals surface area contributed by atoms with E-state index in [1.165, 1.54) is 0 Å². The first-order valence-electron chi connectivity index (χ1n) is 5.20. The molecular formula is C12H15NOS. The molecule has 1 saturated heterocycles. The highest BCUT2D eigenvalue weighted by molar-refractivity contribution is 7.99. The molecule has 1 atom stereocenters. The van der Waals surface area contributed by atoms with Gasteiger partial charge < -0.3 is 5.32 Å². The molecule has 1 N–H and O–H groups in total. The van der Waals surface area contributed by atoms with Crippen LogP contribution in [0.4, 0.5) is 0 Å². The summed E-state index contributed by atoms with van der Waals surface area (Å²) in [6.45, 7) is 2.93. The minimum Gasteiger partial charge on any atom is -0.306 e. The van der Waals surface area contributed by atoms with E-state index in [4.69, 9.17) is 0 Å². The number of Topliss-reactive ketones (excluding diaryl/α,β-unsaturated/α-hetero) is 1. The zero-order chi connectivity index (χ0) is 10.7. The van der Waals surface area contributed by atoms with E-state index < -0.39 is 0 Å². The van der Waals surface area contributed by atoms with Gasteiger partial charge in [0.05, 0.1) is 6.04 Å². The third-order valence-electron chi connectivity index (χ3n) is 2.65. The van der Waals surface area contributed by atoms with Crippen LogP contribution in [-0.4, -0.2) is 29.9 Å². The molecule has 1 aromatic carbocycles. The first kappa shape index (κ1) is 10.7. The molecule has 0 saturated carbocycles. The van der Waals surface area contributed by atoms with Crippen molar-refractivity contribution in [3.05, 3.63) is 35.4 Å². The molecule has 1 unspecified atom stereocenters. The van der Waals surface area contributed by atoms with E-state index in [-0.39, 0.29) is 11.8 Å². The van der Waals surface area contributed by atoms with E-state index in [2.05, 4.69) is 5.32 Å². The maximum atomic E-state index is 12.1. The van der Waals surface area contributed by atoms with Crippen LogP contribution in [0.15, 0.2) is 24.3 Å². The van der Waals surface area contributed by atoms with Crippen molar-refractivity contribution >= 4 is 17.5 Å². The van der Waals surface area contributed by atoms with Gasteiger partial charge in [0.2, 0.25) is 0 Å². The van der Waals surface area contributed by atoms with Gasteiger partial charge in [-0.2, -0.15) is 11.8 Å². The molecule has 0 aliphatic carbocycles. The molecule has 1 heterocycles. The predicted octanol–water partition coefficient (Wildman–Crippen LogP) is 1.88. The van der Waals surface area contributed by atoms with Crippen molar-refractivity contribution in [2.24, 2.45) is 0 Å². The van der Waals surface area contributed by atoms with Crippen molar-refractivity contribution in [2.45, 2.75) is 13.0 Å². The number of ketones is 1. The molecule has 1 aromatic rings. The van der Waals surface area contributed by atoms with Gasteiger partial charge in [-0.15, -0.1) is 0 Å². The van der Waals surface area contributed by atoms with Gasteiger partial charge in [-0.3, -0.25) is 4.79 Å². The van der Waals surface area contributed by atoms with Crippen LogP contribution in [0, 0.1) is 6.92 Å². The standard InChI is InChI=1S/C12H15NOS/c1-9-4-2-3-5-10(9)12(14)11-8-15-7-6-13-11/h2-5,11,13H,6-8H2,1H3. The van der Waals surface area contributed by atoms with Crippen LogP contribution < -0.4 is 5.32 Å². The topological polar surface area (TPSA) is 29.1 Å². The molecule has 2 nitrogen and oxygen atoms in total. The molecule has 0 radical (unpaired) electrons. The molecule has 80 valence electrons. The van der Waals surface area contributed by atoms with Gasteiger partial charge in [-0.05, 0) is 12.5 Å². The summed E-state index contributed by atoms with van der Waals surface area (Å²) in [5, 5.41) is 3.27. The average molecular weight is 221 g/mol. The summed E-state index contributed by atoms with van der Waals surface area (Å²) in [6, 6.07) is 7.80. The van der Waals surface area contributed by atoms with Gasteiger partial charge in [0.1, 0.15) is 0 Å². The third kappa shape index (κ3) is 2.41. The minimum atomic E-state index is 0.00449. The summed E-state index contributed by atoms with van der Waals surface area (Å²) in [7, 11) is 0. The minimum absolute atomic E-state index is 0.00449. The van der Waals surface area contributed by atoms with E-state index in [0.29, 0.717) is 0 Å². The second-order valence-electron chi connectivity index (χ2n) is 3.76. The van der Waals surface area contributed by atoms with Crippen molar-refractivity contribution in [3.63, 3.8) is 0 Å². The number of aryl methyl sites for hydroxylation is 1. The predicted molar refractivity (Wildman–Crippen MR) is 64.6 cm³/mol. The molecule has 15 heavy (non-hydrogen) atoms. The van der Waals surface area contributed by atoms with Crippen LogP contribution in [0.25, 0.3) is 0 Å². The fourth-order valence-electron chi connectivity index (χ4n) is 1.77. The summed E-state index contributed by atoms with van der Waals surface area (Å²) < 4.78 is 0. The molecule has 0 bridgehead atoms. The van der Waals surface area contributed by atoms with Crippen LogP contribution in [0.2, 0.25) is 0 Å². The van der Waals surface area contributed by atoms with Gasteiger partial charge in [0.25, 0.3) is 0 Å². The van der Waals surface area contributed by atoms with Crippen LogP contribution in [0.3, 0.4) is 0 Å². The molecule has 1 aliphatic heterocycles. The lowest BCUT2D eigenvalue weighted by Crippen LogP contribution is -2.43. The highest BCUT2D eigenvalue weighted by atomic mass is 32.2. The Morgan fingerprint density at radius 1 is 1.47 bits per heavy atom. The number of rotatable bonds is 2. The van der Waals surface area contributed by atoms with Crippen molar-refractivity contribution in [3.8, 4) is 0 Å². The van der Waals surface area contributed by atoms with E-state index >= 15 is 0 Å². The van der Waals surface area contributed by atoms with Gasteiger partial charge in [-0.25, -0.2) is 0 Å². The number of carbonyl (C=O) groups is 1. The maximum Gasteiger partial charge on any atom is 0.180 e. The Balaban J connectivity index is 2.16. The first-order valence-corrected chi connectivity index (χ1v) is 6.35. The molecule has 0 aromatic heterocycles. The first-order chi connectivity index (χ1) is 7.29. The van der Waals surface area contributed by atoms with E-state index in [1.54, 1.807) is 0 Å². The summed E-state index contributed by atoms with van der Waals surface area (Å²) in [5.74, 6) is 2.24. The van der Waals surface area contributed by atoms with Gasteiger partial charge in [-0.1, -0.05) is 24.3 Å². The van der Waals surface area contributed by atoms with Crippen molar-refractivity contribution in [1.29, 1.82) is 0 Å². The highest BCUT2D eigenvalue weighted by Crippen LogP contribution is 2.15. The van der Waals surface area contributed by atoms with Gasteiger partial charge in [0, 0.05) is 23.6 Å². The third-order valence-corrected chi connectivity index (χ3v) is 3.71. The normalized spacial score (nSPS) is 21.3. The second kappa shape index (κ2) is 4.81. The van der Waals surface area contributed by atoms with Crippen molar-refractivity contribution in [1.82, 2.24) is 5.32 Å². The highest BCUT2D eigenvalue weighted by Gasteiger charge is 2.22. The molecule has 1 aliphatic rings. The largest absolute Gasteiger partial charge is 0.306 e. The summed E-state index contributed by atoms with van der Waals surface area (Å²) >= 11 is 1.85. The van der Waals surface area contributed by atoms with Gasteiger partial charge >= 0.3 is 0 Å². The molecule has 2 rings (SSSR count). The Labute approximate surface area is 94.4 Å². The van der Waals surface area contributed by atoms with Gasteiger partial charge in [0.15, 0.2) is 5.78 Å². The molecule has 3 heteroatoms. The van der Waals surface area contributed by atoms with E-state index in [1.807, 2.05) is 43.0 Å². The summed E-state index contributed by atoms with van der Waals surface area (Å²) in [5.41, 5.74) is 1.93. The number of carbonyl (C=O) groups excluding carboxylic acids is 1. The van der Waals surface area contributed by atoms with Crippen LogP contribution in [0.5, 0.6) is 0 Å². The van der Waals surface area contributed by atoms with Crippen LogP contribution in [0.1, 0.15) is 15.9 Å². The Morgan fingerprint density at radius 2 is 2.27 bits per heavy atom. The SMILES string of the molecule is Cc1ccccc1C(=O)C1CSCCN1. The Bertz CT molecular complexity index is 358. The molecule has 1 fully saturated rings.